The van der Waals surface area contributed by atoms with Crippen molar-refractivity contribution >= 4 is 23.4 Å². The van der Waals surface area contributed by atoms with E-state index in [2.05, 4.69) is 5.32 Å². The first kappa shape index (κ1) is 14.8. The molecule has 1 saturated carbocycles. The Balaban J connectivity index is 2.09. The van der Waals surface area contributed by atoms with Crippen molar-refractivity contribution in [1.29, 1.82) is 0 Å². The summed E-state index contributed by atoms with van der Waals surface area (Å²) in [6.07, 6.45) is 4.06. The van der Waals surface area contributed by atoms with Gasteiger partial charge in [0, 0.05) is 18.2 Å². The smallest absolute Gasteiger partial charge is 0.283 e. The number of carbonyl (C=O) groups is 1. The summed E-state index contributed by atoms with van der Waals surface area (Å²) in [6.45, 7) is 0.184. The lowest BCUT2D eigenvalue weighted by molar-refractivity contribution is -0.387. The van der Waals surface area contributed by atoms with Gasteiger partial charge in [-0.3, -0.25) is 14.9 Å². The maximum absolute atomic E-state index is 12.0. The number of hydrogen-bond donors (Lipinski definition) is 2. The van der Waals surface area contributed by atoms with E-state index in [-0.39, 0.29) is 17.8 Å². The highest BCUT2D eigenvalue weighted by atomic mass is 32.2. The highest BCUT2D eigenvalue weighted by molar-refractivity contribution is 7.98. The van der Waals surface area contributed by atoms with Crippen LogP contribution in [0.25, 0.3) is 0 Å². The minimum atomic E-state index is -0.805. The van der Waals surface area contributed by atoms with E-state index in [1.165, 1.54) is 17.8 Å². The summed E-state index contributed by atoms with van der Waals surface area (Å²) in [7, 11) is 0. The number of benzene rings is 1. The van der Waals surface area contributed by atoms with Crippen LogP contribution in [0.1, 0.15) is 29.6 Å². The Kier molecular flexibility index (Phi) is 4.29. The second-order valence-corrected chi connectivity index (χ2v) is 5.75. The van der Waals surface area contributed by atoms with E-state index in [4.69, 9.17) is 0 Å². The molecule has 108 valence electrons. The molecule has 2 N–H and O–H groups in total. The van der Waals surface area contributed by atoms with Crippen molar-refractivity contribution in [1.82, 2.24) is 5.32 Å². The fourth-order valence-corrected chi connectivity index (χ4v) is 2.63. The van der Waals surface area contributed by atoms with Gasteiger partial charge in [0.25, 0.3) is 11.6 Å². The number of nitro benzene ring substituents is 1. The quantitative estimate of drug-likeness (QED) is 0.492. The van der Waals surface area contributed by atoms with Gasteiger partial charge in [-0.2, -0.15) is 0 Å². The van der Waals surface area contributed by atoms with E-state index in [0.717, 1.165) is 6.42 Å². The van der Waals surface area contributed by atoms with Gasteiger partial charge in [0.05, 0.1) is 15.4 Å². The summed E-state index contributed by atoms with van der Waals surface area (Å²) >= 11 is 1.26. The number of rotatable bonds is 5. The molecule has 0 aliphatic heterocycles. The second-order valence-electron chi connectivity index (χ2n) is 4.90. The number of thioether (sulfide) groups is 1. The van der Waals surface area contributed by atoms with E-state index in [9.17, 15) is 20.0 Å². The van der Waals surface area contributed by atoms with E-state index >= 15 is 0 Å². The van der Waals surface area contributed by atoms with Crippen LogP contribution in [0.4, 0.5) is 5.69 Å². The van der Waals surface area contributed by atoms with Crippen LogP contribution in [0.2, 0.25) is 0 Å². The number of nitrogens with one attached hydrogen (secondary N) is 1. The summed E-state index contributed by atoms with van der Waals surface area (Å²) in [4.78, 5) is 22.9. The van der Waals surface area contributed by atoms with Gasteiger partial charge >= 0.3 is 0 Å². The van der Waals surface area contributed by atoms with Gasteiger partial charge in [-0.05, 0) is 37.7 Å². The van der Waals surface area contributed by atoms with Crippen molar-refractivity contribution in [2.24, 2.45) is 0 Å². The number of nitrogens with zero attached hydrogens (tertiary/aromatic N) is 1. The van der Waals surface area contributed by atoms with Crippen molar-refractivity contribution < 1.29 is 14.8 Å². The lowest BCUT2D eigenvalue weighted by atomic mass is 9.80. The third-order valence-electron chi connectivity index (χ3n) is 3.50. The SMILES string of the molecule is CSc1ccc(C(=O)NCC2(O)CCC2)cc1[N+](=O)[O-]. The third-order valence-corrected chi connectivity index (χ3v) is 4.29. The van der Waals surface area contributed by atoms with Crippen LogP contribution in [-0.2, 0) is 0 Å². The molecule has 1 aromatic carbocycles. The molecule has 1 fully saturated rings. The number of carbonyl (C=O) groups excluding carboxylic acids is 1. The molecule has 2 rings (SSSR count). The standard InChI is InChI=1S/C13H16N2O4S/c1-20-11-4-3-9(7-10(11)15(18)19)12(16)14-8-13(17)5-2-6-13/h3-4,7,17H,2,5-6,8H2,1H3,(H,14,16). The Morgan fingerprint density at radius 3 is 2.75 bits per heavy atom. The zero-order valence-corrected chi connectivity index (χ0v) is 11.9. The minimum Gasteiger partial charge on any atom is -0.388 e. The van der Waals surface area contributed by atoms with Crippen LogP contribution in [0, 0.1) is 10.1 Å². The molecular weight excluding hydrogens is 280 g/mol. The lowest BCUT2D eigenvalue weighted by Crippen LogP contribution is -2.47. The lowest BCUT2D eigenvalue weighted by Gasteiger charge is -2.36. The highest BCUT2D eigenvalue weighted by Crippen LogP contribution is 2.31. The number of amides is 1. The molecule has 20 heavy (non-hydrogen) atoms. The van der Waals surface area contributed by atoms with Crippen LogP contribution in [0.5, 0.6) is 0 Å². The Morgan fingerprint density at radius 1 is 1.55 bits per heavy atom. The Morgan fingerprint density at radius 2 is 2.25 bits per heavy atom. The molecule has 0 bridgehead atoms. The molecule has 6 nitrogen and oxygen atoms in total. The maximum atomic E-state index is 12.0. The number of nitro groups is 1. The molecule has 0 heterocycles. The van der Waals surface area contributed by atoms with Crippen molar-refractivity contribution in [3.05, 3.63) is 33.9 Å². The van der Waals surface area contributed by atoms with Crippen molar-refractivity contribution in [3.8, 4) is 0 Å². The van der Waals surface area contributed by atoms with E-state index in [1.807, 2.05) is 0 Å². The molecule has 1 aromatic rings. The van der Waals surface area contributed by atoms with Gasteiger partial charge in [-0.15, -0.1) is 11.8 Å². The van der Waals surface area contributed by atoms with Crippen LogP contribution >= 0.6 is 11.8 Å². The molecule has 0 atom stereocenters. The Labute approximate surface area is 120 Å². The van der Waals surface area contributed by atoms with Crippen molar-refractivity contribution in [2.45, 2.75) is 29.8 Å². The van der Waals surface area contributed by atoms with E-state index < -0.39 is 16.4 Å². The third kappa shape index (κ3) is 3.10. The molecule has 0 radical (unpaired) electrons. The maximum Gasteiger partial charge on any atom is 0.283 e. The van der Waals surface area contributed by atoms with Crippen molar-refractivity contribution in [3.63, 3.8) is 0 Å². The van der Waals surface area contributed by atoms with Crippen LogP contribution in [0.3, 0.4) is 0 Å². The first-order valence-corrected chi connectivity index (χ1v) is 7.51. The highest BCUT2D eigenvalue weighted by Gasteiger charge is 2.34. The topological polar surface area (TPSA) is 92.5 Å². The van der Waals surface area contributed by atoms with Crippen LogP contribution in [-0.4, -0.2) is 34.3 Å². The fraction of sp³-hybridized carbons (Fsp3) is 0.462. The monoisotopic (exact) mass is 296 g/mol. The summed E-state index contributed by atoms with van der Waals surface area (Å²) in [5, 5.41) is 23.5. The molecule has 0 saturated heterocycles. The van der Waals surface area contributed by atoms with Crippen LogP contribution < -0.4 is 5.32 Å². The van der Waals surface area contributed by atoms with Crippen LogP contribution in [0.15, 0.2) is 23.1 Å². The molecule has 1 aliphatic carbocycles. The average molecular weight is 296 g/mol. The van der Waals surface area contributed by atoms with Gasteiger partial charge in [-0.25, -0.2) is 0 Å². The largest absolute Gasteiger partial charge is 0.388 e. The summed E-state index contributed by atoms with van der Waals surface area (Å²) in [5.41, 5.74) is -0.647. The second kappa shape index (κ2) is 5.80. The zero-order chi connectivity index (χ0) is 14.8. The normalized spacial score (nSPS) is 16.3. The van der Waals surface area contributed by atoms with Gasteiger partial charge in [-0.1, -0.05) is 0 Å². The predicted molar refractivity (Wildman–Crippen MR) is 76.0 cm³/mol. The Hall–Kier alpha value is -1.60. The first-order chi connectivity index (χ1) is 9.45. The van der Waals surface area contributed by atoms with Gasteiger partial charge < -0.3 is 10.4 Å². The summed E-state index contributed by atoms with van der Waals surface area (Å²) in [5.74, 6) is -0.402. The van der Waals surface area contributed by atoms with E-state index in [1.54, 1.807) is 18.4 Å². The molecular formula is C13H16N2O4S. The molecule has 0 spiro atoms. The van der Waals surface area contributed by atoms with Gasteiger partial charge in [0.2, 0.25) is 0 Å². The van der Waals surface area contributed by atoms with Crippen molar-refractivity contribution in [2.75, 3.05) is 12.8 Å². The molecule has 0 unspecified atom stereocenters. The molecule has 0 aromatic heterocycles. The summed E-state index contributed by atoms with van der Waals surface area (Å²) in [6, 6.07) is 4.39. The van der Waals surface area contributed by atoms with E-state index in [0.29, 0.717) is 17.7 Å². The predicted octanol–water partition coefficient (Wildman–Crippen LogP) is 1.96. The minimum absolute atomic E-state index is 0.0764. The molecule has 1 amide bonds. The zero-order valence-electron chi connectivity index (χ0n) is 11.1. The fourth-order valence-electron chi connectivity index (χ4n) is 2.08. The summed E-state index contributed by atoms with van der Waals surface area (Å²) < 4.78 is 0. The first-order valence-electron chi connectivity index (χ1n) is 6.28. The number of hydrogen-bond acceptors (Lipinski definition) is 5. The van der Waals surface area contributed by atoms with Gasteiger partial charge in [0.15, 0.2) is 0 Å². The average Bonchev–Trinajstić information content (AvgIpc) is 2.41. The molecule has 1 aliphatic rings. The van der Waals surface area contributed by atoms with Gasteiger partial charge in [0.1, 0.15) is 0 Å². The molecule has 7 heteroatoms. The number of aliphatic hydroxyl groups is 1. The Bertz CT molecular complexity index is 543.